The Kier molecular flexibility index (Phi) is 6.13. The van der Waals surface area contributed by atoms with Crippen molar-refractivity contribution in [3.05, 3.63) is 41.7 Å². The molecule has 146 valence electrons. The number of piperidine rings is 1. The third kappa shape index (κ3) is 4.48. The fourth-order valence-electron chi connectivity index (χ4n) is 3.55. The van der Waals surface area contributed by atoms with Gasteiger partial charge in [0.15, 0.2) is 5.69 Å². The van der Waals surface area contributed by atoms with Crippen LogP contribution in [0.25, 0.3) is 5.69 Å². The van der Waals surface area contributed by atoms with Crippen molar-refractivity contribution in [1.82, 2.24) is 20.4 Å². The molecule has 7 heteroatoms. The molecule has 1 aromatic carbocycles. The summed E-state index contributed by atoms with van der Waals surface area (Å²) in [4.78, 5) is 12.6. The van der Waals surface area contributed by atoms with Crippen LogP contribution in [0.1, 0.15) is 28.9 Å². The number of carbonyl (C=O) groups excluding carboxylic acids is 1. The maximum absolute atomic E-state index is 12.6. The highest BCUT2D eigenvalue weighted by atomic mass is 16.5. The van der Waals surface area contributed by atoms with E-state index in [9.17, 15) is 4.79 Å². The Morgan fingerprint density at radius 3 is 2.78 bits per heavy atom. The van der Waals surface area contributed by atoms with Crippen molar-refractivity contribution >= 4 is 5.91 Å². The van der Waals surface area contributed by atoms with Crippen LogP contribution in [0.15, 0.2) is 30.5 Å². The summed E-state index contributed by atoms with van der Waals surface area (Å²) in [6.45, 7) is 5.13. The van der Waals surface area contributed by atoms with Gasteiger partial charge >= 0.3 is 0 Å². The Balaban J connectivity index is 1.71. The largest absolute Gasteiger partial charge is 0.494 e. The van der Waals surface area contributed by atoms with Gasteiger partial charge in [-0.25, -0.2) is 4.68 Å². The lowest BCUT2D eigenvalue weighted by atomic mass is 9.79. The zero-order valence-corrected chi connectivity index (χ0v) is 16.2. The fourth-order valence-corrected chi connectivity index (χ4v) is 3.55. The average molecular weight is 372 g/mol. The lowest BCUT2D eigenvalue weighted by Crippen LogP contribution is -2.47. The third-order valence-corrected chi connectivity index (χ3v) is 5.14. The number of nitrogens with zero attached hydrogens (tertiary/aromatic N) is 2. The number of carbonyl (C=O) groups is 1. The van der Waals surface area contributed by atoms with Crippen LogP contribution in [0.5, 0.6) is 5.75 Å². The molecule has 1 aliphatic rings. The van der Waals surface area contributed by atoms with Gasteiger partial charge in [-0.05, 0) is 56.6 Å². The molecule has 0 spiro atoms. The minimum atomic E-state index is -0.172. The van der Waals surface area contributed by atoms with Crippen molar-refractivity contribution in [3.8, 4) is 11.4 Å². The van der Waals surface area contributed by atoms with E-state index in [1.807, 2.05) is 25.1 Å². The molecule has 2 N–H and O–H groups in total. The van der Waals surface area contributed by atoms with E-state index in [4.69, 9.17) is 9.47 Å². The maximum Gasteiger partial charge on any atom is 0.271 e. The number of ether oxygens (including phenoxy) is 2. The van der Waals surface area contributed by atoms with E-state index in [0.717, 1.165) is 37.2 Å². The van der Waals surface area contributed by atoms with Gasteiger partial charge < -0.3 is 20.1 Å². The maximum atomic E-state index is 12.6. The predicted molar refractivity (Wildman–Crippen MR) is 104 cm³/mol. The summed E-state index contributed by atoms with van der Waals surface area (Å²) in [5, 5.41) is 10.8. The van der Waals surface area contributed by atoms with Gasteiger partial charge in [-0.1, -0.05) is 6.07 Å². The number of rotatable bonds is 7. The van der Waals surface area contributed by atoms with Gasteiger partial charge in [-0.2, -0.15) is 5.10 Å². The predicted octanol–water partition coefficient (Wildman–Crippen LogP) is 1.94. The Morgan fingerprint density at radius 2 is 2.07 bits per heavy atom. The molecule has 3 rings (SSSR count). The van der Waals surface area contributed by atoms with E-state index in [1.54, 1.807) is 31.2 Å². The first-order valence-corrected chi connectivity index (χ1v) is 9.25. The summed E-state index contributed by atoms with van der Waals surface area (Å²) in [6.07, 6.45) is 3.74. The van der Waals surface area contributed by atoms with E-state index in [-0.39, 0.29) is 11.3 Å². The van der Waals surface area contributed by atoms with Crippen LogP contribution in [0.3, 0.4) is 0 Å². The Labute approximate surface area is 160 Å². The van der Waals surface area contributed by atoms with Crippen molar-refractivity contribution in [2.75, 3.05) is 40.5 Å². The first-order chi connectivity index (χ1) is 13.1. The number of aromatic nitrogens is 2. The monoisotopic (exact) mass is 372 g/mol. The molecule has 2 aromatic rings. The summed E-state index contributed by atoms with van der Waals surface area (Å²) < 4.78 is 12.5. The molecule has 0 unspecified atom stereocenters. The number of methoxy groups -OCH3 is 2. The SMILES string of the molecule is COCC1(CNC(=O)c2ccn(-c3cc(C)ccc3OC)n2)CCNCC1. The Morgan fingerprint density at radius 1 is 1.30 bits per heavy atom. The van der Waals surface area contributed by atoms with E-state index < -0.39 is 0 Å². The zero-order chi connectivity index (χ0) is 19.3. The molecule has 0 aliphatic carbocycles. The van der Waals surface area contributed by atoms with Gasteiger partial charge in [-0.3, -0.25) is 4.79 Å². The van der Waals surface area contributed by atoms with Gasteiger partial charge in [0.1, 0.15) is 11.4 Å². The van der Waals surface area contributed by atoms with Gasteiger partial charge in [0, 0.05) is 25.3 Å². The molecule has 0 atom stereocenters. The number of hydrogen-bond donors (Lipinski definition) is 2. The smallest absolute Gasteiger partial charge is 0.271 e. The number of hydrogen-bond acceptors (Lipinski definition) is 5. The van der Waals surface area contributed by atoms with Crippen LogP contribution in [0.4, 0.5) is 0 Å². The molecular formula is C20H28N4O3. The second kappa shape index (κ2) is 8.54. The summed E-state index contributed by atoms with van der Waals surface area (Å²) in [5.41, 5.74) is 2.28. The highest BCUT2D eigenvalue weighted by molar-refractivity contribution is 5.92. The molecule has 7 nitrogen and oxygen atoms in total. The molecule has 0 bridgehead atoms. The standard InChI is InChI=1S/C20H28N4O3/c1-15-4-5-18(27-3)17(12-15)24-11-6-16(23-24)19(25)22-13-20(14-26-2)7-9-21-10-8-20/h4-6,11-12,21H,7-10,13-14H2,1-3H3,(H,22,25). The van der Waals surface area contributed by atoms with Crippen LogP contribution < -0.4 is 15.4 Å². The molecule has 2 heterocycles. The van der Waals surface area contributed by atoms with E-state index in [0.29, 0.717) is 24.6 Å². The number of amides is 1. The Hall–Kier alpha value is -2.38. The molecule has 0 radical (unpaired) electrons. The topological polar surface area (TPSA) is 77.4 Å². The van der Waals surface area contributed by atoms with E-state index in [1.165, 1.54) is 0 Å². The Bertz CT molecular complexity index is 776. The molecule has 0 saturated carbocycles. The first kappa shape index (κ1) is 19.4. The molecule has 1 aromatic heterocycles. The molecule has 1 aliphatic heterocycles. The van der Waals surface area contributed by atoms with Gasteiger partial charge in [0.2, 0.25) is 0 Å². The van der Waals surface area contributed by atoms with Crippen molar-refractivity contribution < 1.29 is 14.3 Å². The molecule has 1 amide bonds. The minimum Gasteiger partial charge on any atom is -0.494 e. The second-order valence-electron chi connectivity index (χ2n) is 7.19. The lowest BCUT2D eigenvalue weighted by Gasteiger charge is -2.37. The number of nitrogens with one attached hydrogen (secondary N) is 2. The van der Waals surface area contributed by atoms with Gasteiger partial charge in [-0.15, -0.1) is 0 Å². The number of aryl methyl sites for hydroxylation is 1. The summed E-state index contributed by atoms with van der Waals surface area (Å²) in [6, 6.07) is 7.59. The summed E-state index contributed by atoms with van der Waals surface area (Å²) in [7, 11) is 3.34. The first-order valence-electron chi connectivity index (χ1n) is 9.25. The van der Waals surface area contributed by atoms with Crippen molar-refractivity contribution in [3.63, 3.8) is 0 Å². The molecular weight excluding hydrogens is 344 g/mol. The van der Waals surface area contributed by atoms with Gasteiger partial charge in [0.05, 0.1) is 13.7 Å². The fraction of sp³-hybridized carbons (Fsp3) is 0.500. The normalized spacial score (nSPS) is 16.1. The average Bonchev–Trinajstić information content (AvgIpc) is 3.17. The van der Waals surface area contributed by atoms with Gasteiger partial charge in [0.25, 0.3) is 5.91 Å². The van der Waals surface area contributed by atoms with E-state index in [2.05, 4.69) is 15.7 Å². The second-order valence-corrected chi connectivity index (χ2v) is 7.19. The van der Waals surface area contributed by atoms with Crippen LogP contribution in [0.2, 0.25) is 0 Å². The quantitative estimate of drug-likeness (QED) is 0.777. The van der Waals surface area contributed by atoms with E-state index >= 15 is 0 Å². The van der Waals surface area contributed by atoms with Crippen LogP contribution in [-0.2, 0) is 4.74 Å². The molecule has 1 saturated heterocycles. The lowest BCUT2D eigenvalue weighted by molar-refractivity contribution is 0.0510. The third-order valence-electron chi connectivity index (χ3n) is 5.14. The van der Waals surface area contributed by atoms with Crippen LogP contribution >= 0.6 is 0 Å². The highest BCUT2D eigenvalue weighted by Gasteiger charge is 2.32. The summed E-state index contributed by atoms with van der Waals surface area (Å²) >= 11 is 0. The van der Waals surface area contributed by atoms with Crippen LogP contribution in [0, 0.1) is 12.3 Å². The van der Waals surface area contributed by atoms with Crippen molar-refractivity contribution in [2.24, 2.45) is 5.41 Å². The summed E-state index contributed by atoms with van der Waals surface area (Å²) in [5.74, 6) is 0.541. The number of benzene rings is 1. The van der Waals surface area contributed by atoms with Crippen LogP contribution in [-0.4, -0.2) is 56.1 Å². The molecule has 1 fully saturated rings. The zero-order valence-electron chi connectivity index (χ0n) is 16.2. The van der Waals surface area contributed by atoms with Crippen molar-refractivity contribution in [1.29, 1.82) is 0 Å². The minimum absolute atomic E-state index is 0.0159. The molecule has 27 heavy (non-hydrogen) atoms. The van der Waals surface area contributed by atoms with Crippen molar-refractivity contribution in [2.45, 2.75) is 19.8 Å². The highest BCUT2D eigenvalue weighted by Crippen LogP contribution is 2.28.